The number of aryl methyl sites for hydroxylation is 1. The van der Waals surface area contributed by atoms with Gasteiger partial charge in [0.15, 0.2) is 0 Å². The van der Waals surface area contributed by atoms with E-state index in [4.69, 9.17) is 0 Å². The first-order chi connectivity index (χ1) is 11.9. The number of aromatic carboxylic acids is 1. The van der Waals surface area contributed by atoms with Gasteiger partial charge < -0.3 is 9.67 Å². The summed E-state index contributed by atoms with van der Waals surface area (Å²) in [6.07, 6.45) is 6.85. The molecule has 25 heavy (non-hydrogen) atoms. The Bertz CT molecular complexity index is 1060. The van der Waals surface area contributed by atoms with Crippen LogP contribution in [0.1, 0.15) is 21.6 Å². The predicted molar refractivity (Wildman–Crippen MR) is 98.5 cm³/mol. The van der Waals surface area contributed by atoms with Gasteiger partial charge in [-0.15, -0.1) is 0 Å². The van der Waals surface area contributed by atoms with Crippen molar-refractivity contribution in [1.29, 1.82) is 0 Å². The van der Waals surface area contributed by atoms with Crippen LogP contribution in [-0.2, 0) is 13.5 Å². The number of allylic oxidation sites excluding steroid dienone is 1. The normalized spacial score (nSPS) is 16.2. The van der Waals surface area contributed by atoms with E-state index in [0.29, 0.717) is 16.6 Å². The molecule has 2 heterocycles. The van der Waals surface area contributed by atoms with E-state index in [-0.39, 0.29) is 10.4 Å². The van der Waals surface area contributed by atoms with Crippen LogP contribution in [0.25, 0.3) is 28.2 Å². The summed E-state index contributed by atoms with van der Waals surface area (Å²) in [5, 5.41) is 9.99. The summed E-state index contributed by atoms with van der Waals surface area (Å²) in [5.74, 6) is -1.49. The number of benzene rings is 1. The number of halogens is 2. The molecular weight excluding hydrogens is 387 g/mol. The first-order valence-corrected chi connectivity index (χ1v) is 8.70. The second kappa shape index (κ2) is 5.81. The monoisotopic (exact) mass is 400 g/mol. The molecule has 4 nitrogen and oxygen atoms in total. The second-order valence-corrected chi connectivity index (χ2v) is 7.29. The van der Waals surface area contributed by atoms with Gasteiger partial charge in [0, 0.05) is 40.8 Å². The Balaban J connectivity index is 2.00. The summed E-state index contributed by atoms with van der Waals surface area (Å²) in [6, 6.07) is 5.55. The fraction of sp³-hybridized carbons (Fsp3) is 0.158. The number of pyridine rings is 1. The topological polar surface area (TPSA) is 55.1 Å². The molecule has 1 aliphatic rings. The molecule has 6 heteroatoms. The van der Waals surface area contributed by atoms with Crippen molar-refractivity contribution in [1.82, 2.24) is 9.55 Å². The average molecular weight is 401 g/mol. The fourth-order valence-corrected chi connectivity index (χ4v) is 3.80. The quantitative estimate of drug-likeness (QED) is 0.648. The summed E-state index contributed by atoms with van der Waals surface area (Å²) in [6.45, 7) is 0. The minimum Gasteiger partial charge on any atom is -0.478 e. The lowest BCUT2D eigenvalue weighted by atomic mass is 9.97. The smallest absolute Gasteiger partial charge is 0.336 e. The van der Waals surface area contributed by atoms with Crippen LogP contribution in [0.5, 0.6) is 0 Å². The highest BCUT2D eigenvalue weighted by Gasteiger charge is 2.22. The summed E-state index contributed by atoms with van der Waals surface area (Å²) < 4.78 is 15.6. The van der Waals surface area contributed by atoms with Crippen molar-refractivity contribution in [3.05, 3.63) is 59.2 Å². The number of nitrogens with zero attached hydrogens (tertiary/aromatic N) is 2. The lowest BCUT2D eigenvalue weighted by molar-refractivity contribution is 0.0699. The molecule has 1 aromatic carbocycles. The Morgan fingerprint density at radius 3 is 2.96 bits per heavy atom. The van der Waals surface area contributed by atoms with Gasteiger partial charge in [-0.2, -0.15) is 0 Å². The van der Waals surface area contributed by atoms with Crippen LogP contribution in [0.2, 0.25) is 0 Å². The minimum absolute atomic E-state index is 0.124. The molecule has 0 saturated carbocycles. The lowest BCUT2D eigenvalue weighted by Crippen LogP contribution is -2.07. The van der Waals surface area contributed by atoms with Gasteiger partial charge in [0.2, 0.25) is 0 Å². The maximum absolute atomic E-state index is 13.6. The van der Waals surface area contributed by atoms with E-state index in [1.807, 2.05) is 23.9 Å². The number of hydrogen-bond donors (Lipinski definition) is 1. The molecule has 0 radical (unpaired) electrons. The molecule has 0 saturated heterocycles. The molecule has 3 aromatic rings. The van der Waals surface area contributed by atoms with Gasteiger partial charge in [-0.25, -0.2) is 14.2 Å². The molecule has 0 spiro atoms. The highest BCUT2D eigenvalue weighted by atomic mass is 79.9. The van der Waals surface area contributed by atoms with Crippen LogP contribution in [0.15, 0.2) is 36.5 Å². The molecular formula is C19H14BrFN2O2. The summed E-state index contributed by atoms with van der Waals surface area (Å²) >= 11 is 3.60. The van der Waals surface area contributed by atoms with Crippen molar-refractivity contribution in [2.24, 2.45) is 7.05 Å². The minimum atomic E-state index is -1.05. The summed E-state index contributed by atoms with van der Waals surface area (Å²) in [7, 11) is 1.94. The Hall–Kier alpha value is -2.47. The molecule has 1 aliphatic carbocycles. The number of carbonyl (C=O) groups is 1. The van der Waals surface area contributed by atoms with E-state index in [2.05, 4.69) is 27.0 Å². The van der Waals surface area contributed by atoms with E-state index in [1.54, 1.807) is 6.07 Å². The number of aromatic nitrogens is 2. The number of carboxylic acid groups (broad SMARTS) is 1. The standard InChI is InChI=1S/C19H14BrFN2O2/c1-23-9-15(13-6-10(20)2-5-18(13)23)17-8-14(19(24)25)12-4-3-11(21)7-16(12)22-17/h2-5,7-10H,6H2,1H3,(H,24,25). The van der Waals surface area contributed by atoms with Gasteiger partial charge in [0.05, 0.1) is 16.8 Å². The maximum Gasteiger partial charge on any atom is 0.336 e. The summed E-state index contributed by atoms with van der Waals surface area (Å²) in [5.41, 5.74) is 4.06. The van der Waals surface area contributed by atoms with Crippen LogP contribution in [0, 0.1) is 5.82 Å². The Labute approximate surface area is 151 Å². The zero-order valence-corrected chi connectivity index (χ0v) is 14.9. The molecule has 0 bridgehead atoms. The highest BCUT2D eigenvalue weighted by Crippen LogP contribution is 2.34. The van der Waals surface area contributed by atoms with Crippen LogP contribution in [0.4, 0.5) is 4.39 Å². The third kappa shape index (κ3) is 2.66. The van der Waals surface area contributed by atoms with Crippen molar-refractivity contribution >= 4 is 38.9 Å². The first kappa shape index (κ1) is 16.0. The number of carboxylic acids is 1. The van der Waals surface area contributed by atoms with Crippen molar-refractivity contribution in [3.63, 3.8) is 0 Å². The Morgan fingerprint density at radius 2 is 2.20 bits per heavy atom. The van der Waals surface area contributed by atoms with Gasteiger partial charge in [-0.05, 0) is 36.3 Å². The molecule has 126 valence electrons. The van der Waals surface area contributed by atoms with Gasteiger partial charge in [0.1, 0.15) is 5.82 Å². The lowest BCUT2D eigenvalue weighted by Gasteiger charge is -2.14. The van der Waals surface area contributed by atoms with E-state index in [0.717, 1.165) is 23.2 Å². The molecule has 1 atom stereocenters. The first-order valence-electron chi connectivity index (χ1n) is 7.78. The fourth-order valence-electron chi connectivity index (χ4n) is 3.32. The number of hydrogen-bond acceptors (Lipinski definition) is 2. The van der Waals surface area contributed by atoms with E-state index >= 15 is 0 Å². The average Bonchev–Trinajstić information content (AvgIpc) is 2.89. The number of fused-ring (bicyclic) bond motifs is 2. The van der Waals surface area contributed by atoms with Crippen LogP contribution < -0.4 is 0 Å². The second-order valence-electron chi connectivity index (χ2n) is 6.12. The predicted octanol–water partition coefficient (Wildman–Crippen LogP) is 4.41. The SMILES string of the molecule is Cn1cc(-c2cc(C(=O)O)c3ccc(F)cc3n2)c2c1C=CC(Br)C2. The van der Waals surface area contributed by atoms with Crippen molar-refractivity contribution < 1.29 is 14.3 Å². The maximum atomic E-state index is 13.6. The van der Waals surface area contributed by atoms with E-state index in [1.165, 1.54) is 18.2 Å². The number of alkyl halides is 1. The molecule has 0 amide bonds. The third-order valence-electron chi connectivity index (χ3n) is 4.48. The van der Waals surface area contributed by atoms with Gasteiger partial charge in [0.25, 0.3) is 0 Å². The van der Waals surface area contributed by atoms with E-state index < -0.39 is 11.8 Å². The molecule has 0 fully saturated rings. The highest BCUT2D eigenvalue weighted by molar-refractivity contribution is 9.09. The van der Waals surface area contributed by atoms with Gasteiger partial charge >= 0.3 is 5.97 Å². The number of rotatable bonds is 2. The van der Waals surface area contributed by atoms with Crippen LogP contribution in [0.3, 0.4) is 0 Å². The van der Waals surface area contributed by atoms with Crippen LogP contribution >= 0.6 is 15.9 Å². The molecule has 1 N–H and O–H groups in total. The van der Waals surface area contributed by atoms with Crippen LogP contribution in [-0.4, -0.2) is 25.5 Å². The van der Waals surface area contributed by atoms with Crippen molar-refractivity contribution in [3.8, 4) is 11.3 Å². The third-order valence-corrected chi connectivity index (χ3v) is 5.11. The Kier molecular flexibility index (Phi) is 3.72. The van der Waals surface area contributed by atoms with Gasteiger partial charge in [-0.3, -0.25) is 0 Å². The van der Waals surface area contributed by atoms with Crippen molar-refractivity contribution in [2.75, 3.05) is 0 Å². The molecule has 4 rings (SSSR count). The Morgan fingerprint density at radius 1 is 1.40 bits per heavy atom. The zero-order valence-electron chi connectivity index (χ0n) is 13.3. The summed E-state index contributed by atoms with van der Waals surface area (Å²) in [4.78, 5) is 16.4. The molecule has 2 aromatic heterocycles. The van der Waals surface area contributed by atoms with Crippen molar-refractivity contribution in [2.45, 2.75) is 11.2 Å². The van der Waals surface area contributed by atoms with Gasteiger partial charge in [-0.1, -0.05) is 22.0 Å². The largest absolute Gasteiger partial charge is 0.478 e. The van der Waals surface area contributed by atoms with E-state index in [9.17, 15) is 14.3 Å². The zero-order chi connectivity index (χ0) is 17.7. The molecule has 1 unspecified atom stereocenters. The molecule has 0 aliphatic heterocycles.